The molecule has 21 heavy (non-hydrogen) atoms. The van der Waals surface area contributed by atoms with Crippen molar-refractivity contribution in [3.05, 3.63) is 29.3 Å². The molecule has 0 heterocycles. The maximum absolute atomic E-state index is 11.9. The van der Waals surface area contributed by atoms with E-state index >= 15 is 0 Å². The third-order valence-corrected chi connectivity index (χ3v) is 2.56. The second-order valence-corrected chi connectivity index (χ2v) is 4.30. The number of hydrogen-bond acceptors (Lipinski definition) is 3. The topological polar surface area (TPSA) is 64.3 Å². The molecule has 6 heteroatoms. The van der Waals surface area contributed by atoms with E-state index in [2.05, 4.69) is 21.9 Å². The summed E-state index contributed by atoms with van der Waals surface area (Å²) in [5.74, 6) is 5.31. The van der Waals surface area contributed by atoms with Gasteiger partial charge in [-0.05, 0) is 24.6 Å². The monoisotopic (exact) mass is 296 g/mol. The van der Waals surface area contributed by atoms with Gasteiger partial charge in [0.05, 0.1) is 19.6 Å². The number of anilines is 1. The Bertz CT molecular complexity index is 536. The molecule has 0 aliphatic carbocycles. The maximum Gasteiger partial charge on any atom is 0.261 e. The molecule has 1 rings (SSSR count). The van der Waals surface area contributed by atoms with Crippen LogP contribution in [-0.4, -0.2) is 32.1 Å². The number of amides is 1. The zero-order valence-corrected chi connectivity index (χ0v) is 11.8. The summed E-state index contributed by atoms with van der Waals surface area (Å²) in [4.78, 5) is 11.7. The minimum atomic E-state index is -2.52. The standard InChI is InChI=1S/C15H18F2N2O2/c1-11-4-5-12(3-2-7-18)9-13(11)19-15(20)6-8-21-10-14(16)17/h4-5,9,14H,6-8,10,18H2,1H3,(H,19,20). The number of carbonyl (C=O) groups is 1. The Labute approximate surface area is 122 Å². The first kappa shape index (κ1) is 17.1. The lowest BCUT2D eigenvalue weighted by atomic mass is 10.1. The number of benzene rings is 1. The van der Waals surface area contributed by atoms with Gasteiger partial charge in [0, 0.05) is 11.3 Å². The molecule has 0 bridgehead atoms. The van der Waals surface area contributed by atoms with Crippen molar-refractivity contribution in [1.29, 1.82) is 0 Å². The van der Waals surface area contributed by atoms with Crippen LogP contribution in [0.1, 0.15) is 17.5 Å². The van der Waals surface area contributed by atoms with Gasteiger partial charge in [0.25, 0.3) is 6.43 Å². The van der Waals surface area contributed by atoms with Crippen LogP contribution in [0, 0.1) is 18.8 Å². The third-order valence-electron chi connectivity index (χ3n) is 2.56. The van der Waals surface area contributed by atoms with Gasteiger partial charge in [0.15, 0.2) is 0 Å². The first-order valence-electron chi connectivity index (χ1n) is 6.48. The molecule has 0 saturated heterocycles. The molecule has 1 aromatic carbocycles. The summed E-state index contributed by atoms with van der Waals surface area (Å²) in [5, 5.41) is 2.71. The lowest BCUT2D eigenvalue weighted by Gasteiger charge is -2.09. The number of alkyl halides is 2. The van der Waals surface area contributed by atoms with Crippen LogP contribution in [0.4, 0.5) is 14.5 Å². The number of carbonyl (C=O) groups excluding carboxylic acids is 1. The summed E-state index contributed by atoms with van der Waals surface area (Å²) in [6.07, 6.45) is -2.50. The molecule has 0 spiro atoms. The molecule has 3 N–H and O–H groups in total. The first-order valence-corrected chi connectivity index (χ1v) is 6.48. The molecule has 0 aromatic heterocycles. The van der Waals surface area contributed by atoms with Gasteiger partial charge >= 0.3 is 0 Å². The van der Waals surface area contributed by atoms with E-state index in [-0.39, 0.29) is 25.5 Å². The van der Waals surface area contributed by atoms with Gasteiger partial charge in [-0.25, -0.2) is 8.78 Å². The highest BCUT2D eigenvalue weighted by atomic mass is 19.3. The molecule has 4 nitrogen and oxygen atoms in total. The van der Waals surface area contributed by atoms with Crippen LogP contribution in [0.3, 0.4) is 0 Å². The Hall–Kier alpha value is -1.97. The molecule has 0 fully saturated rings. The van der Waals surface area contributed by atoms with E-state index in [0.29, 0.717) is 5.69 Å². The summed E-state index contributed by atoms with van der Waals surface area (Å²) in [7, 11) is 0. The largest absolute Gasteiger partial charge is 0.375 e. The SMILES string of the molecule is Cc1ccc(C#CCN)cc1NC(=O)CCOCC(F)F. The fraction of sp³-hybridized carbons (Fsp3) is 0.400. The number of ether oxygens (including phenoxy) is 1. The number of nitrogens with two attached hydrogens (primary N) is 1. The Morgan fingerprint density at radius 2 is 2.24 bits per heavy atom. The number of nitrogens with one attached hydrogen (secondary N) is 1. The molecule has 1 amide bonds. The van der Waals surface area contributed by atoms with E-state index in [0.717, 1.165) is 11.1 Å². The lowest BCUT2D eigenvalue weighted by molar-refractivity contribution is -0.117. The summed E-state index contributed by atoms with van der Waals surface area (Å²) >= 11 is 0. The lowest BCUT2D eigenvalue weighted by Crippen LogP contribution is -2.16. The molecule has 0 atom stereocenters. The van der Waals surface area contributed by atoms with E-state index in [9.17, 15) is 13.6 Å². The number of rotatable bonds is 6. The molecule has 0 aliphatic heterocycles. The zero-order valence-electron chi connectivity index (χ0n) is 11.8. The van der Waals surface area contributed by atoms with Crippen LogP contribution in [-0.2, 0) is 9.53 Å². The predicted octanol–water partition coefficient (Wildman–Crippen LogP) is 1.92. The molecule has 0 aliphatic rings. The number of hydrogen-bond donors (Lipinski definition) is 2. The highest BCUT2D eigenvalue weighted by Crippen LogP contribution is 2.16. The Balaban J connectivity index is 2.55. The minimum Gasteiger partial charge on any atom is -0.375 e. The van der Waals surface area contributed by atoms with Crippen LogP contribution in [0.15, 0.2) is 18.2 Å². The second-order valence-electron chi connectivity index (χ2n) is 4.30. The van der Waals surface area contributed by atoms with Crippen molar-refractivity contribution >= 4 is 11.6 Å². The van der Waals surface area contributed by atoms with Gasteiger partial charge < -0.3 is 15.8 Å². The summed E-state index contributed by atoms with van der Waals surface area (Å²) in [5.41, 5.74) is 7.57. The van der Waals surface area contributed by atoms with E-state index in [1.165, 1.54) is 0 Å². The van der Waals surface area contributed by atoms with Crippen LogP contribution >= 0.6 is 0 Å². The average Bonchev–Trinajstić information content (AvgIpc) is 2.44. The second kappa shape index (κ2) is 9.06. The van der Waals surface area contributed by atoms with Crippen molar-refractivity contribution in [2.24, 2.45) is 5.73 Å². The van der Waals surface area contributed by atoms with Crippen LogP contribution < -0.4 is 11.1 Å². The average molecular weight is 296 g/mol. The highest BCUT2D eigenvalue weighted by Gasteiger charge is 2.07. The van der Waals surface area contributed by atoms with Crippen molar-refractivity contribution in [1.82, 2.24) is 0 Å². The maximum atomic E-state index is 11.9. The van der Waals surface area contributed by atoms with Crippen molar-refractivity contribution in [3.63, 3.8) is 0 Å². The smallest absolute Gasteiger partial charge is 0.261 e. The molecule has 0 unspecified atom stereocenters. The van der Waals surface area contributed by atoms with E-state index < -0.39 is 13.0 Å². The highest BCUT2D eigenvalue weighted by molar-refractivity contribution is 5.91. The Morgan fingerprint density at radius 1 is 1.48 bits per heavy atom. The quantitative estimate of drug-likeness (QED) is 0.622. The number of halogens is 2. The van der Waals surface area contributed by atoms with Crippen LogP contribution in [0.5, 0.6) is 0 Å². The van der Waals surface area contributed by atoms with Crippen molar-refractivity contribution in [2.75, 3.05) is 25.1 Å². The molecular weight excluding hydrogens is 278 g/mol. The predicted molar refractivity (Wildman–Crippen MR) is 77.2 cm³/mol. The van der Waals surface area contributed by atoms with E-state index in [1.807, 2.05) is 19.1 Å². The fourth-order valence-corrected chi connectivity index (χ4v) is 1.54. The third kappa shape index (κ3) is 6.84. The van der Waals surface area contributed by atoms with Crippen LogP contribution in [0.2, 0.25) is 0 Å². The van der Waals surface area contributed by atoms with Gasteiger partial charge in [-0.15, -0.1) is 0 Å². The van der Waals surface area contributed by atoms with Gasteiger partial charge in [-0.3, -0.25) is 4.79 Å². The minimum absolute atomic E-state index is 0.0187. The van der Waals surface area contributed by atoms with E-state index in [1.54, 1.807) is 6.07 Å². The van der Waals surface area contributed by atoms with E-state index in [4.69, 9.17) is 5.73 Å². The van der Waals surface area contributed by atoms with Crippen molar-refractivity contribution in [2.45, 2.75) is 19.8 Å². The Morgan fingerprint density at radius 3 is 2.90 bits per heavy atom. The zero-order chi connectivity index (χ0) is 15.7. The first-order chi connectivity index (χ1) is 10.0. The molecule has 1 aromatic rings. The summed E-state index contributed by atoms with van der Waals surface area (Å²) in [6.45, 7) is 1.42. The Kier molecular flexibility index (Phi) is 7.37. The molecule has 0 radical (unpaired) electrons. The molecule has 114 valence electrons. The summed E-state index contributed by atoms with van der Waals surface area (Å²) < 4.78 is 28.4. The van der Waals surface area contributed by atoms with Crippen molar-refractivity contribution < 1.29 is 18.3 Å². The number of aryl methyl sites for hydroxylation is 1. The van der Waals surface area contributed by atoms with Crippen LogP contribution in [0.25, 0.3) is 0 Å². The van der Waals surface area contributed by atoms with Crippen molar-refractivity contribution in [3.8, 4) is 11.8 Å². The van der Waals surface area contributed by atoms with Gasteiger partial charge in [-0.1, -0.05) is 17.9 Å². The normalized spacial score (nSPS) is 10.1. The summed E-state index contributed by atoms with van der Waals surface area (Å²) in [6, 6.07) is 5.42. The van der Waals surface area contributed by atoms with Gasteiger partial charge in [-0.2, -0.15) is 0 Å². The molecule has 0 saturated carbocycles. The fourth-order valence-electron chi connectivity index (χ4n) is 1.54. The van der Waals surface area contributed by atoms with Gasteiger partial charge in [0.1, 0.15) is 6.61 Å². The molecular formula is C15H18F2N2O2. The van der Waals surface area contributed by atoms with Gasteiger partial charge in [0.2, 0.25) is 5.91 Å².